The van der Waals surface area contributed by atoms with Crippen molar-refractivity contribution >= 4 is 33.8 Å². The fourth-order valence-corrected chi connectivity index (χ4v) is 3.88. The van der Waals surface area contributed by atoms with Gasteiger partial charge in [0, 0.05) is 10.6 Å². The highest BCUT2D eigenvalue weighted by molar-refractivity contribution is 7.87. The summed E-state index contributed by atoms with van der Waals surface area (Å²) in [5.41, 5.74) is 1.77. The third-order valence-electron chi connectivity index (χ3n) is 4.35. The zero-order valence-corrected chi connectivity index (χ0v) is 18.6. The van der Waals surface area contributed by atoms with E-state index >= 15 is 0 Å². The van der Waals surface area contributed by atoms with Crippen molar-refractivity contribution in [1.29, 1.82) is 0 Å². The first kappa shape index (κ1) is 25.2. The fourth-order valence-electron chi connectivity index (χ4n) is 2.69. The summed E-state index contributed by atoms with van der Waals surface area (Å²) in [7, 11) is -4.45. The molecule has 0 saturated carbocycles. The topological polar surface area (TPSA) is 84.8 Å². The summed E-state index contributed by atoms with van der Waals surface area (Å²) in [5, 5.41) is 3.82. The number of hydrogen-bond acceptors (Lipinski definition) is 5. The summed E-state index contributed by atoms with van der Waals surface area (Å²) in [6.07, 6.45) is -3.67. The summed E-state index contributed by atoms with van der Waals surface area (Å²) in [4.78, 5) is 11.6. The van der Waals surface area contributed by atoms with Crippen LogP contribution in [0.2, 0.25) is 5.02 Å². The van der Waals surface area contributed by atoms with Crippen LogP contribution in [0.1, 0.15) is 16.7 Å². The quantitative estimate of drug-likeness (QED) is 0.209. The Kier molecular flexibility index (Phi) is 7.57. The molecule has 1 N–H and O–H groups in total. The van der Waals surface area contributed by atoms with E-state index < -0.39 is 38.5 Å². The molecule has 178 valence electrons. The van der Waals surface area contributed by atoms with Crippen molar-refractivity contribution in [2.24, 2.45) is 5.10 Å². The molecule has 0 spiro atoms. The molecule has 0 fully saturated rings. The fraction of sp³-hybridized carbons (Fsp3) is 0.0909. The second kappa shape index (κ2) is 10.2. The molecule has 0 saturated heterocycles. The van der Waals surface area contributed by atoms with Crippen LogP contribution < -0.4 is 9.61 Å². The number of nitrogens with zero attached hydrogens (tertiary/aromatic N) is 1. The van der Waals surface area contributed by atoms with E-state index in [-0.39, 0.29) is 22.8 Å². The van der Waals surface area contributed by atoms with Gasteiger partial charge in [0.2, 0.25) is 5.91 Å². The molecule has 0 heterocycles. The molecule has 6 nitrogen and oxygen atoms in total. The number of alkyl halides is 3. The van der Waals surface area contributed by atoms with E-state index in [4.69, 9.17) is 15.8 Å². The molecule has 0 radical (unpaired) electrons. The van der Waals surface area contributed by atoms with E-state index in [1.54, 1.807) is 6.07 Å². The van der Waals surface area contributed by atoms with Gasteiger partial charge in [0.05, 0.1) is 18.2 Å². The lowest BCUT2D eigenvalue weighted by Crippen LogP contribution is -2.20. The first-order chi connectivity index (χ1) is 16.0. The van der Waals surface area contributed by atoms with Gasteiger partial charge < -0.3 is 4.18 Å². The van der Waals surface area contributed by atoms with E-state index in [9.17, 15) is 30.8 Å². The number of para-hydroxylation sites is 1. The van der Waals surface area contributed by atoms with Crippen LogP contribution in [-0.4, -0.2) is 20.5 Å². The molecule has 34 heavy (non-hydrogen) atoms. The number of nitrogens with one attached hydrogen (secondary N) is 1. The summed E-state index contributed by atoms with van der Waals surface area (Å²) in [6.45, 7) is 0. The normalized spacial score (nSPS) is 12.0. The first-order valence-corrected chi connectivity index (χ1v) is 11.2. The van der Waals surface area contributed by atoms with Gasteiger partial charge in [-0.1, -0.05) is 29.8 Å². The Morgan fingerprint density at radius 1 is 1.06 bits per heavy atom. The number of hydrogen-bond donors (Lipinski definition) is 1. The van der Waals surface area contributed by atoms with E-state index in [0.29, 0.717) is 17.7 Å². The first-order valence-electron chi connectivity index (χ1n) is 9.42. The second-order valence-corrected chi connectivity index (χ2v) is 8.76. The molecule has 3 rings (SSSR count). The minimum Gasteiger partial charge on any atom is -0.378 e. The molecule has 3 aromatic rings. The molecule has 0 aromatic heterocycles. The number of carbonyl (C=O) groups excluding carboxylic acids is 1. The largest absolute Gasteiger partial charge is 0.416 e. The summed E-state index contributed by atoms with van der Waals surface area (Å²) in [5.74, 6) is -1.28. The number of halogens is 5. The molecule has 0 atom stereocenters. The molecule has 12 heteroatoms. The van der Waals surface area contributed by atoms with Gasteiger partial charge in [0.15, 0.2) is 5.75 Å². The second-order valence-electron chi connectivity index (χ2n) is 6.80. The van der Waals surface area contributed by atoms with Crippen molar-refractivity contribution in [2.75, 3.05) is 0 Å². The number of carbonyl (C=O) groups is 1. The van der Waals surface area contributed by atoms with E-state index in [0.717, 1.165) is 30.5 Å². The van der Waals surface area contributed by atoms with Gasteiger partial charge >= 0.3 is 16.3 Å². The Hall–Kier alpha value is -3.44. The van der Waals surface area contributed by atoms with Gasteiger partial charge in [-0.2, -0.15) is 26.7 Å². The van der Waals surface area contributed by atoms with Crippen molar-refractivity contribution < 1.29 is 35.0 Å². The molecule has 0 unspecified atom stereocenters. The maximum atomic E-state index is 13.1. The number of hydrazone groups is 1. The summed E-state index contributed by atoms with van der Waals surface area (Å²) in [6, 6.07) is 12.2. The maximum Gasteiger partial charge on any atom is 0.416 e. The van der Waals surface area contributed by atoms with Crippen molar-refractivity contribution in [3.63, 3.8) is 0 Å². The highest BCUT2D eigenvalue weighted by Crippen LogP contribution is 2.30. The Morgan fingerprint density at radius 2 is 1.74 bits per heavy atom. The van der Waals surface area contributed by atoms with Crippen LogP contribution in [-0.2, 0) is 27.5 Å². The van der Waals surface area contributed by atoms with E-state index in [1.165, 1.54) is 24.3 Å². The standard InChI is InChI=1S/C22H15ClF4N2O4S/c23-19-12-17(24)8-5-14(19)11-21(30)29-28-13-15-3-1-2-4-20(15)33-34(31,32)18-9-6-16(7-10-18)22(25,26)27/h1-10,12-13H,11H2,(H,29,30). The highest BCUT2D eigenvalue weighted by atomic mass is 35.5. The predicted octanol–water partition coefficient (Wildman–Crippen LogP) is 4.96. The van der Waals surface area contributed by atoms with Crippen molar-refractivity contribution in [1.82, 2.24) is 5.43 Å². The summed E-state index contributed by atoms with van der Waals surface area (Å²) >= 11 is 5.88. The predicted molar refractivity (Wildman–Crippen MR) is 117 cm³/mol. The van der Waals surface area contributed by atoms with Crippen molar-refractivity contribution in [3.8, 4) is 5.75 Å². The maximum absolute atomic E-state index is 13.1. The van der Waals surface area contributed by atoms with Gasteiger partial charge in [-0.05, 0) is 54.1 Å². The molecule has 0 bridgehead atoms. The van der Waals surface area contributed by atoms with E-state index in [2.05, 4.69) is 10.5 Å². The summed E-state index contributed by atoms with van der Waals surface area (Å²) < 4.78 is 81.3. The Balaban J connectivity index is 1.70. The van der Waals surface area contributed by atoms with Crippen LogP contribution in [0.25, 0.3) is 0 Å². The molecular weight excluding hydrogens is 500 g/mol. The minimum absolute atomic E-state index is 0.0753. The molecule has 0 aliphatic rings. The molecule has 3 aromatic carbocycles. The van der Waals surface area contributed by atoms with Gasteiger partial charge in [0.25, 0.3) is 0 Å². The zero-order valence-electron chi connectivity index (χ0n) is 17.0. The number of benzene rings is 3. The Bertz CT molecular complexity index is 1330. The third-order valence-corrected chi connectivity index (χ3v) is 5.95. The van der Waals surface area contributed by atoms with Crippen molar-refractivity contribution in [2.45, 2.75) is 17.5 Å². The number of rotatable bonds is 7. The average molecular weight is 515 g/mol. The van der Waals surface area contributed by atoms with Gasteiger partial charge in [-0.25, -0.2) is 9.82 Å². The van der Waals surface area contributed by atoms with Crippen molar-refractivity contribution in [3.05, 3.63) is 94.3 Å². The smallest absolute Gasteiger partial charge is 0.378 e. The Labute approximate surface area is 196 Å². The Morgan fingerprint density at radius 3 is 2.38 bits per heavy atom. The molecule has 0 aliphatic heterocycles. The molecule has 0 aliphatic carbocycles. The van der Waals surface area contributed by atoms with Crippen LogP contribution in [0, 0.1) is 5.82 Å². The molecular formula is C22H15ClF4N2O4S. The van der Waals surface area contributed by atoms with Gasteiger partial charge in [-0.3, -0.25) is 4.79 Å². The lowest BCUT2D eigenvalue weighted by atomic mass is 10.1. The lowest BCUT2D eigenvalue weighted by Gasteiger charge is -2.11. The average Bonchev–Trinajstić information content (AvgIpc) is 2.76. The monoisotopic (exact) mass is 514 g/mol. The van der Waals surface area contributed by atoms with Crippen LogP contribution in [0.3, 0.4) is 0 Å². The molecule has 1 amide bonds. The van der Waals surface area contributed by atoms with Crippen LogP contribution >= 0.6 is 11.6 Å². The zero-order chi connectivity index (χ0) is 24.9. The number of amides is 1. The van der Waals surface area contributed by atoms with Crippen LogP contribution in [0.4, 0.5) is 17.6 Å². The minimum atomic E-state index is -4.61. The SMILES string of the molecule is O=C(Cc1ccc(F)cc1Cl)NN=Cc1ccccc1OS(=O)(=O)c1ccc(C(F)(F)F)cc1. The van der Waals surface area contributed by atoms with E-state index in [1.807, 2.05) is 0 Å². The van der Waals surface area contributed by atoms with Gasteiger partial charge in [0.1, 0.15) is 10.7 Å². The van der Waals surface area contributed by atoms with Crippen LogP contribution in [0.15, 0.2) is 76.7 Å². The van der Waals surface area contributed by atoms with Gasteiger partial charge in [-0.15, -0.1) is 0 Å². The third kappa shape index (κ3) is 6.55. The lowest BCUT2D eigenvalue weighted by molar-refractivity contribution is -0.137. The van der Waals surface area contributed by atoms with Crippen LogP contribution in [0.5, 0.6) is 5.75 Å². The highest BCUT2D eigenvalue weighted by Gasteiger charge is 2.31.